The van der Waals surface area contributed by atoms with Crippen molar-refractivity contribution in [3.05, 3.63) is 59.7 Å². The highest BCUT2D eigenvalue weighted by molar-refractivity contribution is 5.67. The van der Waals surface area contributed by atoms with Crippen LogP contribution in [-0.4, -0.2) is 12.7 Å². The first-order valence-electron chi connectivity index (χ1n) is 6.09. The van der Waals surface area contributed by atoms with Gasteiger partial charge in [-0.05, 0) is 29.2 Å². The van der Waals surface area contributed by atoms with Crippen molar-refractivity contribution in [1.82, 2.24) is 0 Å². The van der Waals surface area contributed by atoms with Crippen molar-refractivity contribution in [1.29, 1.82) is 0 Å². The molecule has 86 valence electrons. The minimum absolute atomic E-state index is 0.460. The van der Waals surface area contributed by atoms with Crippen LogP contribution in [0.5, 0.6) is 0 Å². The zero-order valence-corrected chi connectivity index (χ0v) is 10.0. The fraction of sp³-hybridized carbons (Fsp3) is 0.250. The number of hydrogen-bond donors (Lipinski definition) is 0. The van der Waals surface area contributed by atoms with E-state index in [4.69, 9.17) is 4.74 Å². The second kappa shape index (κ2) is 4.34. The molecule has 0 amide bonds. The number of epoxide rings is 1. The topological polar surface area (TPSA) is 12.5 Å². The van der Waals surface area contributed by atoms with Gasteiger partial charge >= 0.3 is 0 Å². The van der Waals surface area contributed by atoms with E-state index in [1.807, 2.05) is 0 Å². The standard InChI is InChI=1S/C16H16O/c1-12-5-2-3-8-16(12)14-7-4-6-13(9-14)10-15-11-17-15/h2-9,15H,10-11H2,1H3. The SMILES string of the molecule is Cc1ccccc1-c1cccc(CC2CO2)c1. The predicted octanol–water partition coefficient (Wildman–Crippen LogP) is 3.60. The van der Waals surface area contributed by atoms with Crippen LogP contribution in [0.3, 0.4) is 0 Å². The molecular weight excluding hydrogens is 208 g/mol. The van der Waals surface area contributed by atoms with Gasteiger partial charge in [-0.2, -0.15) is 0 Å². The van der Waals surface area contributed by atoms with E-state index in [1.165, 1.54) is 22.3 Å². The number of ether oxygens (including phenoxy) is 1. The summed E-state index contributed by atoms with van der Waals surface area (Å²) in [7, 11) is 0. The molecule has 1 atom stereocenters. The summed E-state index contributed by atoms with van der Waals surface area (Å²) in [4.78, 5) is 0. The molecule has 0 bridgehead atoms. The molecule has 0 aliphatic carbocycles. The number of aryl methyl sites for hydroxylation is 1. The van der Waals surface area contributed by atoms with Crippen molar-refractivity contribution in [3.8, 4) is 11.1 Å². The minimum atomic E-state index is 0.460. The molecule has 1 fully saturated rings. The zero-order valence-electron chi connectivity index (χ0n) is 10.0. The third kappa shape index (κ3) is 2.40. The summed E-state index contributed by atoms with van der Waals surface area (Å²) in [5.74, 6) is 0. The van der Waals surface area contributed by atoms with Gasteiger partial charge in [0, 0.05) is 6.42 Å². The largest absolute Gasteiger partial charge is 0.373 e. The quantitative estimate of drug-likeness (QED) is 0.726. The summed E-state index contributed by atoms with van der Waals surface area (Å²) in [6, 6.07) is 17.3. The van der Waals surface area contributed by atoms with Crippen LogP contribution in [0.2, 0.25) is 0 Å². The summed E-state index contributed by atoms with van der Waals surface area (Å²) in [6.07, 6.45) is 1.50. The van der Waals surface area contributed by atoms with Gasteiger partial charge in [0.15, 0.2) is 0 Å². The average Bonchev–Trinajstić information content (AvgIpc) is 3.14. The summed E-state index contributed by atoms with van der Waals surface area (Å²) in [6.45, 7) is 3.08. The molecule has 1 aliphatic heterocycles. The van der Waals surface area contributed by atoms with E-state index >= 15 is 0 Å². The normalized spacial score (nSPS) is 18.1. The van der Waals surface area contributed by atoms with Crippen LogP contribution in [-0.2, 0) is 11.2 Å². The summed E-state index contributed by atoms with van der Waals surface area (Å²) in [5, 5.41) is 0. The molecular formula is C16H16O. The fourth-order valence-electron chi connectivity index (χ4n) is 2.21. The molecule has 0 radical (unpaired) electrons. The smallest absolute Gasteiger partial charge is 0.0850 e. The Morgan fingerprint density at radius 2 is 1.94 bits per heavy atom. The molecule has 2 aromatic carbocycles. The Kier molecular flexibility index (Phi) is 2.69. The van der Waals surface area contributed by atoms with Gasteiger partial charge < -0.3 is 4.74 Å². The van der Waals surface area contributed by atoms with E-state index in [0.29, 0.717) is 6.10 Å². The van der Waals surface area contributed by atoms with Crippen LogP contribution < -0.4 is 0 Å². The Labute approximate surface area is 102 Å². The summed E-state index contributed by atoms with van der Waals surface area (Å²) >= 11 is 0. The van der Waals surface area contributed by atoms with Gasteiger partial charge in [0.25, 0.3) is 0 Å². The highest BCUT2D eigenvalue weighted by atomic mass is 16.6. The second-order valence-electron chi connectivity index (χ2n) is 4.67. The maximum absolute atomic E-state index is 5.28. The van der Waals surface area contributed by atoms with Crippen molar-refractivity contribution in [2.24, 2.45) is 0 Å². The lowest BCUT2D eigenvalue weighted by Crippen LogP contribution is -1.93. The van der Waals surface area contributed by atoms with Gasteiger partial charge in [-0.1, -0.05) is 48.5 Å². The van der Waals surface area contributed by atoms with E-state index in [1.54, 1.807) is 0 Å². The van der Waals surface area contributed by atoms with Crippen LogP contribution in [0.15, 0.2) is 48.5 Å². The average molecular weight is 224 g/mol. The Hall–Kier alpha value is -1.60. The molecule has 17 heavy (non-hydrogen) atoms. The van der Waals surface area contributed by atoms with Gasteiger partial charge in [-0.15, -0.1) is 0 Å². The lowest BCUT2D eigenvalue weighted by molar-refractivity contribution is 0.407. The molecule has 1 heterocycles. The van der Waals surface area contributed by atoms with E-state index < -0.39 is 0 Å². The lowest BCUT2D eigenvalue weighted by Gasteiger charge is -2.07. The van der Waals surface area contributed by atoms with Crippen LogP contribution >= 0.6 is 0 Å². The van der Waals surface area contributed by atoms with E-state index in [9.17, 15) is 0 Å². The number of benzene rings is 2. The summed E-state index contributed by atoms with van der Waals surface area (Å²) < 4.78 is 5.28. The molecule has 0 aromatic heterocycles. The lowest BCUT2D eigenvalue weighted by atomic mass is 9.98. The van der Waals surface area contributed by atoms with Crippen molar-refractivity contribution in [3.63, 3.8) is 0 Å². The van der Waals surface area contributed by atoms with Crippen LogP contribution in [0, 0.1) is 6.92 Å². The molecule has 1 aliphatic rings. The Morgan fingerprint density at radius 1 is 1.12 bits per heavy atom. The Balaban J connectivity index is 1.94. The van der Waals surface area contributed by atoms with Gasteiger partial charge in [-0.3, -0.25) is 0 Å². The molecule has 1 nitrogen and oxygen atoms in total. The van der Waals surface area contributed by atoms with Crippen LogP contribution in [0.25, 0.3) is 11.1 Å². The highest BCUT2D eigenvalue weighted by Crippen LogP contribution is 2.25. The van der Waals surface area contributed by atoms with Crippen LogP contribution in [0.4, 0.5) is 0 Å². The van der Waals surface area contributed by atoms with Crippen molar-refractivity contribution < 1.29 is 4.74 Å². The number of hydrogen-bond acceptors (Lipinski definition) is 1. The fourth-order valence-corrected chi connectivity index (χ4v) is 2.21. The third-order valence-electron chi connectivity index (χ3n) is 3.25. The Morgan fingerprint density at radius 3 is 2.71 bits per heavy atom. The minimum Gasteiger partial charge on any atom is -0.373 e. The monoisotopic (exact) mass is 224 g/mol. The molecule has 1 heteroatoms. The maximum Gasteiger partial charge on any atom is 0.0850 e. The molecule has 2 aromatic rings. The molecule has 3 rings (SSSR count). The summed E-state index contributed by atoms with van der Waals surface area (Å²) in [5.41, 5.74) is 5.33. The van der Waals surface area contributed by atoms with E-state index in [2.05, 4.69) is 55.5 Å². The van der Waals surface area contributed by atoms with Crippen molar-refractivity contribution >= 4 is 0 Å². The van der Waals surface area contributed by atoms with Gasteiger partial charge in [0.05, 0.1) is 12.7 Å². The maximum atomic E-state index is 5.28. The number of rotatable bonds is 3. The van der Waals surface area contributed by atoms with E-state index in [-0.39, 0.29) is 0 Å². The molecule has 0 spiro atoms. The third-order valence-corrected chi connectivity index (χ3v) is 3.25. The molecule has 0 N–H and O–H groups in total. The highest BCUT2D eigenvalue weighted by Gasteiger charge is 2.22. The molecule has 1 unspecified atom stereocenters. The second-order valence-corrected chi connectivity index (χ2v) is 4.67. The van der Waals surface area contributed by atoms with E-state index in [0.717, 1.165) is 13.0 Å². The first-order chi connectivity index (χ1) is 8.33. The zero-order chi connectivity index (χ0) is 11.7. The van der Waals surface area contributed by atoms with Gasteiger partial charge in [0.1, 0.15) is 0 Å². The molecule has 0 saturated carbocycles. The predicted molar refractivity (Wildman–Crippen MR) is 70.1 cm³/mol. The first kappa shape index (κ1) is 10.5. The van der Waals surface area contributed by atoms with Gasteiger partial charge in [-0.25, -0.2) is 0 Å². The van der Waals surface area contributed by atoms with Crippen molar-refractivity contribution in [2.45, 2.75) is 19.4 Å². The molecule has 1 saturated heterocycles. The Bertz CT molecular complexity index is 527. The van der Waals surface area contributed by atoms with Crippen LogP contribution in [0.1, 0.15) is 11.1 Å². The van der Waals surface area contributed by atoms with Crippen molar-refractivity contribution in [2.75, 3.05) is 6.61 Å². The first-order valence-corrected chi connectivity index (χ1v) is 6.09. The van der Waals surface area contributed by atoms with Gasteiger partial charge in [0.2, 0.25) is 0 Å².